The summed E-state index contributed by atoms with van der Waals surface area (Å²) in [5, 5.41) is 4.38. The van der Waals surface area contributed by atoms with Gasteiger partial charge >= 0.3 is 5.97 Å². The normalized spacial score (nSPS) is 24.6. The fourth-order valence-electron chi connectivity index (χ4n) is 3.92. The fraction of sp³-hybridized carbons (Fsp3) is 0.350. The van der Waals surface area contributed by atoms with Crippen molar-refractivity contribution in [1.29, 1.82) is 0 Å². The van der Waals surface area contributed by atoms with Gasteiger partial charge in [0.2, 0.25) is 0 Å². The Balaban J connectivity index is 1.69. The average molecular weight is 358 g/mol. The molecule has 4 rings (SSSR count). The van der Waals surface area contributed by atoms with Crippen LogP contribution in [0.25, 0.3) is 0 Å². The van der Waals surface area contributed by atoms with E-state index in [1.807, 2.05) is 42.5 Å². The Morgan fingerprint density at radius 1 is 1.24 bits per heavy atom. The zero-order chi connectivity index (χ0) is 17.4. The first-order valence-corrected chi connectivity index (χ1v) is 8.91. The van der Waals surface area contributed by atoms with E-state index in [9.17, 15) is 4.79 Å². The maximum Gasteiger partial charge on any atom is 0.337 e. The Hall–Kier alpha value is -2.04. The van der Waals surface area contributed by atoms with E-state index in [0.717, 1.165) is 41.3 Å². The topological polar surface area (TPSA) is 47.6 Å². The van der Waals surface area contributed by atoms with Crippen molar-refractivity contribution in [3.63, 3.8) is 0 Å². The number of anilines is 1. The predicted molar refractivity (Wildman–Crippen MR) is 97.0 cm³/mol. The van der Waals surface area contributed by atoms with E-state index < -0.39 is 0 Å². The van der Waals surface area contributed by atoms with Crippen molar-refractivity contribution in [3.8, 4) is 0 Å². The Morgan fingerprint density at radius 2 is 2.04 bits per heavy atom. The first-order chi connectivity index (χ1) is 12.2. The molecule has 0 amide bonds. The molecule has 1 fully saturated rings. The molecule has 130 valence electrons. The van der Waals surface area contributed by atoms with E-state index in [0.29, 0.717) is 11.5 Å². The SMILES string of the molecule is COC(=O)c1ccc(C2Nc3ccc(Cl)cc3C3OCCCC23)cc1. The molecule has 3 atom stereocenters. The highest BCUT2D eigenvalue weighted by molar-refractivity contribution is 6.30. The van der Waals surface area contributed by atoms with Gasteiger partial charge in [-0.3, -0.25) is 0 Å². The lowest BCUT2D eigenvalue weighted by molar-refractivity contribution is -0.0381. The second-order valence-corrected chi connectivity index (χ2v) is 7.00. The monoisotopic (exact) mass is 357 g/mol. The number of methoxy groups -OCH3 is 1. The largest absolute Gasteiger partial charge is 0.465 e. The van der Waals surface area contributed by atoms with E-state index in [1.54, 1.807) is 0 Å². The summed E-state index contributed by atoms with van der Waals surface area (Å²) in [5.41, 5.74) is 3.91. The lowest BCUT2D eigenvalue weighted by Gasteiger charge is -2.43. The number of halogens is 1. The summed E-state index contributed by atoms with van der Waals surface area (Å²) in [6.07, 6.45) is 2.19. The molecule has 0 aliphatic carbocycles. The van der Waals surface area contributed by atoms with Crippen LogP contribution in [0, 0.1) is 5.92 Å². The first-order valence-electron chi connectivity index (χ1n) is 8.53. The van der Waals surface area contributed by atoms with E-state index in [4.69, 9.17) is 21.1 Å². The summed E-state index contributed by atoms with van der Waals surface area (Å²) < 4.78 is 10.9. The highest BCUT2D eigenvalue weighted by atomic mass is 35.5. The smallest absolute Gasteiger partial charge is 0.337 e. The van der Waals surface area contributed by atoms with Crippen LogP contribution >= 0.6 is 11.6 Å². The Labute approximate surface area is 152 Å². The maximum atomic E-state index is 11.7. The van der Waals surface area contributed by atoms with Gasteiger partial charge in [-0.2, -0.15) is 0 Å². The number of carbonyl (C=O) groups excluding carboxylic acids is 1. The van der Waals surface area contributed by atoms with Crippen molar-refractivity contribution >= 4 is 23.3 Å². The minimum atomic E-state index is -0.318. The van der Waals surface area contributed by atoms with Gasteiger partial charge in [0.15, 0.2) is 0 Å². The zero-order valence-electron chi connectivity index (χ0n) is 14.0. The van der Waals surface area contributed by atoms with Crippen molar-refractivity contribution in [2.75, 3.05) is 19.0 Å². The minimum absolute atomic E-state index is 0.0500. The van der Waals surface area contributed by atoms with Crippen LogP contribution in [-0.4, -0.2) is 19.7 Å². The molecule has 0 bridgehead atoms. The number of esters is 1. The predicted octanol–water partition coefficient (Wildman–Crippen LogP) is 4.76. The standard InChI is InChI=1S/C20H20ClNO3/c1-24-20(23)13-6-4-12(5-7-13)18-15-3-2-10-25-19(15)16-11-14(21)8-9-17(16)22-18/h4-9,11,15,18-19,22H,2-3,10H2,1H3. The first kappa shape index (κ1) is 16.4. The van der Waals surface area contributed by atoms with Crippen LogP contribution in [0.2, 0.25) is 5.02 Å². The molecule has 4 nitrogen and oxygen atoms in total. The molecule has 3 unspecified atom stereocenters. The molecule has 1 N–H and O–H groups in total. The number of benzene rings is 2. The highest BCUT2D eigenvalue weighted by Gasteiger charge is 2.39. The van der Waals surface area contributed by atoms with Gasteiger partial charge in [0.05, 0.1) is 24.8 Å². The van der Waals surface area contributed by atoms with Crippen LogP contribution in [0.15, 0.2) is 42.5 Å². The molecular weight excluding hydrogens is 338 g/mol. The van der Waals surface area contributed by atoms with Crippen LogP contribution in [0.5, 0.6) is 0 Å². The van der Waals surface area contributed by atoms with E-state index in [-0.39, 0.29) is 18.1 Å². The van der Waals surface area contributed by atoms with E-state index in [2.05, 4.69) is 5.32 Å². The van der Waals surface area contributed by atoms with Crippen molar-refractivity contribution in [3.05, 3.63) is 64.2 Å². The second-order valence-electron chi connectivity index (χ2n) is 6.56. The van der Waals surface area contributed by atoms with Crippen molar-refractivity contribution in [2.45, 2.75) is 25.0 Å². The fourth-order valence-corrected chi connectivity index (χ4v) is 4.10. The number of ether oxygens (including phenoxy) is 2. The third kappa shape index (κ3) is 3.00. The summed E-state index contributed by atoms with van der Waals surface area (Å²) in [7, 11) is 1.39. The van der Waals surface area contributed by atoms with Gasteiger partial charge < -0.3 is 14.8 Å². The average Bonchev–Trinajstić information content (AvgIpc) is 2.67. The number of hydrogen-bond acceptors (Lipinski definition) is 4. The number of nitrogens with one attached hydrogen (secondary N) is 1. The summed E-state index contributed by atoms with van der Waals surface area (Å²) in [5.74, 6) is 0.0192. The zero-order valence-corrected chi connectivity index (χ0v) is 14.8. The molecule has 0 aromatic heterocycles. The Kier molecular flexibility index (Phi) is 4.40. The van der Waals surface area contributed by atoms with Crippen molar-refractivity contribution in [1.82, 2.24) is 0 Å². The third-order valence-corrected chi connectivity index (χ3v) is 5.35. The molecule has 2 aliphatic rings. The Morgan fingerprint density at radius 3 is 2.80 bits per heavy atom. The van der Waals surface area contributed by atoms with Gasteiger partial charge in [0.1, 0.15) is 0 Å². The molecule has 2 heterocycles. The van der Waals surface area contributed by atoms with Gasteiger partial charge in [-0.1, -0.05) is 23.7 Å². The molecule has 2 aliphatic heterocycles. The van der Waals surface area contributed by atoms with Gasteiger partial charge in [-0.05, 0) is 48.7 Å². The van der Waals surface area contributed by atoms with Crippen LogP contribution in [0.1, 0.15) is 46.5 Å². The minimum Gasteiger partial charge on any atom is -0.465 e. The van der Waals surface area contributed by atoms with Crippen LogP contribution in [0.4, 0.5) is 5.69 Å². The van der Waals surface area contributed by atoms with Gasteiger partial charge in [-0.25, -0.2) is 4.79 Å². The summed E-state index contributed by atoms with van der Waals surface area (Å²) in [6, 6.07) is 13.7. The number of hydrogen-bond donors (Lipinski definition) is 1. The third-order valence-electron chi connectivity index (χ3n) is 5.12. The number of carbonyl (C=O) groups is 1. The highest BCUT2D eigenvalue weighted by Crippen LogP contribution is 2.49. The molecule has 0 radical (unpaired) electrons. The summed E-state index contributed by atoms with van der Waals surface area (Å²) in [4.78, 5) is 11.7. The van der Waals surface area contributed by atoms with Crippen LogP contribution < -0.4 is 5.32 Å². The van der Waals surface area contributed by atoms with E-state index >= 15 is 0 Å². The molecule has 1 saturated heterocycles. The quantitative estimate of drug-likeness (QED) is 0.787. The lowest BCUT2D eigenvalue weighted by atomic mass is 9.77. The van der Waals surface area contributed by atoms with Gasteiger partial charge in [0, 0.05) is 28.8 Å². The van der Waals surface area contributed by atoms with Gasteiger partial charge in [-0.15, -0.1) is 0 Å². The molecule has 5 heteroatoms. The van der Waals surface area contributed by atoms with E-state index in [1.165, 1.54) is 7.11 Å². The summed E-state index contributed by atoms with van der Waals surface area (Å²) in [6.45, 7) is 0.779. The van der Waals surface area contributed by atoms with Gasteiger partial charge in [0.25, 0.3) is 0 Å². The summed E-state index contributed by atoms with van der Waals surface area (Å²) >= 11 is 6.19. The molecule has 2 aromatic rings. The second kappa shape index (κ2) is 6.70. The van der Waals surface area contributed by atoms with Crippen LogP contribution in [-0.2, 0) is 9.47 Å². The van der Waals surface area contributed by atoms with Crippen molar-refractivity contribution < 1.29 is 14.3 Å². The molecule has 2 aromatic carbocycles. The van der Waals surface area contributed by atoms with Crippen molar-refractivity contribution in [2.24, 2.45) is 5.92 Å². The van der Waals surface area contributed by atoms with Crippen LogP contribution in [0.3, 0.4) is 0 Å². The molecular formula is C20H20ClNO3. The number of fused-ring (bicyclic) bond motifs is 3. The molecule has 0 saturated carbocycles. The maximum absolute atomic E-state index is 11.7. The Bertz CT molecular complexity index is 790. The lowest BCUT2D eigenvalue weighted by Crippen LogP contribution is -2.36. The molecule has 25 heavy (non-hydrogen) atoms. The molecule has 0 spiro atoms. The number of rotatable bonds is 2.